The highest BCUT2D eigenvalue weighted by Crippen LogP contribution is 2.33. The van der Waals surface area contributed by atoms with E-state index in [1.54, 1.807) is 18.2 Å². The topological polar surface area (TPSA) is 89.5 Å². The molecule has 0 spiro atoms. The lowest BCUT2D eigenvalue weighted by molar-refractivity contribution is -0.139. The van der Waals surface area contributed by atoms with Gasteiger partial charge in [-0.25, -0.2) is 4.79 Å². The molecule has 0 aromatic heterocycles. The minimum absolute atomic E-state index is 0.0123. The van der Waals surface area contributed by atoms with Gasteiger partial charge >= 0.3 is 5.97 Å². The van der Waals surface area contributed by atoms with Crippen LogP contribution in [-0.4, -0.2) is 53.1 Å². The number of carbonyl (C=O) groups is 2. The lowest BCUT2D eigenvalue weighted by Gasteiger charge is -2.26. The molecule has 0 saturated carbocycles. The molecule has 0 radical (unpaired) electrons. The highest BCUT2D eigenvalue weighted by molar-refractivity contribution is 6.18. The maximum Gasteiger partial charge on any atom is 0.345 e. The summed E-state index contributed by atoms with van der Waals surface area (Å²) in [4.78, 5) is 24.4. The fourth-order valence-electron chi connectivity index (χ4n) is 2.53. The van der Waals surface area contributed by atoms with E-state index in [0.717, 1.165) is 0 Å². The van der Waals surface area contributed by atoms with Crippen molar-refractivity contribution in [2.45, 2.75) is 18.9 Å². The van der Waals surface area contributed by atoms with Crippen LogP contribution in [0.15, 0.2) is 29.5 Å². The minimum Gasteiger partial charge on any atom is -0.496 e. The standard InChI is InChI=1S/C18H22O8/c1-21-10-25-15-6-5-14(19)16(18(20)24-4)17(15)26-13-8-11(22-2)7-12(9-13)23-3/h7-9,15H,5-6,10H2,1-4H3/t15-/m0/s1. The number of hydrogen-bond donors (Lipinski definition) is 0. The summed E-state index contributed by atoms with van der Waals surface area (Å²) in [5, 5.41) is 0. The van der Waals surface area contributed by atoms with Crippen molar-refractivity contribution in [2.75, 3.05) is 35.2 Å². The van der Waals surface area contributed by atoms with Crippen molar-refractivity contribution in [3.63, 3.8) is 0 Å². The van der Waals surface area contributed by atoms with Gasteiger partial charge in [0.15, 0.2) is 11.5 Å². The first-order valence-corrected chi connectivity index (χ1v) is 7.91. The number of ketones is 1. The molecule has 0 heterocycles. The van der Waals surface area contributed by atoms with Crippen molar-refractivity contribution in [3.05, 3.63) is 29.5 Å². The Morgan fingerprint density at radius 1 is 1.04 bits per heavy atom. The van der Waals surface area contributed by atoms with Crippen molar-refractivity contribution in [3.8, 4) is 17.2 Å². The fourth-order valence-corrected chi connectivity index (χ4v) is 2.53. The SMILES string of the molecule is COCO[C@H]1CCC(=O)C(C(=O)OC)=C1Oc1cc(OC)cc(OC)c1. The summed E-state index contributed by atoms with van der Waals surface area (Å²) in [7, 11) is 5.69. The molecule has 0 aliphatic heterocycles. The number of hydrogen-bond acceptors (Lipinski definition) is 8. The quantitative estimate of drug-likeness (QED) is 0.391. The molecule has 8 heteroatoms. The molecule has 0 unspecified atom stereocenters. The lowest BCUT2D eigenvalue weighted by atomic mass is 9.94. The van der Waals surface area contributed by atoms with Gasteiger partial charge in [0.2, 0.25) is 0 Å². The van der Waals surface area contributed by atoms with Crippen LogP contribution >= 0.6 is 0 Å². The molecule has 8 nitrogen and oxygen atoms in total. The maximum atomic E-state index is 12.3. The molecular formula is C18H22O8. The van der Waals surface area contributed by atoms with Gasteiger partial charge in [-0.05, 0) is 6.42 Å². The van der Waals surface area contributed by atoms with Crippen LogP contribution in [0.3, 0.4) is 0 Å². The third-order valence-corrected chi connectivity index (χ3v) is 3.78. The Balaban J connectivity index is 2.46. The largest absolute Gasteiger partial charge is 0.496 e. The number of rotatable bonds is 8. The summed E-state index contributed by atoms with van der Waals surface area (Å²) in [5.41, 5.74) is -0.165. The van der Waals surface area contributed by atoms with Crippen LogP contribution in [-0.2, 0) is 23.8 Å². The fraction of sp³-hybridized carbons (Fsp3) is 0.444. The van der Waals surface area contributed by atoms with E-state index in [1.165, 1.54) is 28.4 Å². The van der Waals surface area contributed by atoms with Gasteiger partial charge in [-0.1, -0.05) is 0 Å². The summed E-state index contributed by atoms with van der Waals surface area (Å²) < 4.78 is 31.5. The predicted molar refractivity (Wildman–Crippen MR) is 90.2 cm³/mol. The molecule has 1 aromatic carbocycles. The Hall–Kier alpha value is -2.58. The molecule has 1 atom stereocenters. The lowest BCUT2D eigenvalue weighted by Crippen LogP contribution is -2.33. The Morgan fingerprint density at radius 2 is 1.65 bits per heavy atom. The van der Waals surface area contributed by atoms with Crippen LogP contribution in [0.1, 0.15) is 12.8 Å². The number of carbonyl (C=O) groups excluding carboxylic acids is 2. The van der Waals surface area contributed by atoms with E-state index in [1.807, 2.05) is 0 Å². The molecule has 0 N–H and O–H groups in total. The summed E-state index contributed by atoms with van der Waals surface area (Å²) in [6, 6.07) is 4.89. The van der Waals surface area contributed by atoms with Gasteiger partial charge in [-0.2, -0.15) is 0 Å². The second-order valence-electron chi connectivity index (χ2n) is 5.40. The van der Waals surface area contributed by atoms with Gasteiger partial charge in [0, 0.05) is 31.7 Å². The van der Waals surface area contributed by atoms with Gasteiger partial charge in [-0.15, -0.1) is 0 Å². The number of ether oxygens (including phenoxy) is 6. The van der Waals surface area contributed by atoms with Crippen LogP contribution < -0.4 is 14.2 Å². The van der Waals surface area contributed by atoms with E-state index in [-0.39, 0.29) is 30.3 Å². The molecular weight excluding hydrogens is 344 g/mol. The molecule has 26 heavy (non-hydrogen) atoms. The van der Waals surface area contributed by atoms with Crippen LogP contribution in [0, 0.1) is 0 Å². The zero-order valence-electron chi connectivity index (χ0n) is 15.2. The minimum atomic E-state index is -0.773. The maximum absolute atomic E-state index is 12.3. The van der Waals surface area contributed by atoms with Crippen LogP contribution in [0.5, 0.6) is 17.2 Å². The Labute approximate surface area is 151 Å². The van der Waals surface area contributed by atoms with Gasteiger partial charge < -0.3 is 28.4 Å². The first kappa shape index (κ1) is 19.7. The van der Waals surface area contributed by atoms with Crippen molar-refractivity contribution >= 4 is 11.8 Å². The van der Waals surface area contributed by atoms with Crippen molar-refractivity contribution < 1.29 is 38.0 Å². The Kier molecular flexibility index (Phi) is 6.99. The number of esters is 1. The molecule has 0 saturated heterocycles. The average Bonchev–Trinajstić information content (AvgIpc) is 2.66. The third kappa shape index (κ3) is 4.53. The van der Waals surface area contributed by atoms with E-state index in [4.69, 9.17) is 28.4 Å². The van der Waals surface area contributed by atoms with Crippen molar-refractivity contribution in [1.82, 2.24) is 0 Å². The number of Topliss-reactive ketones (excluding diaryl/α,β-unsaturated/α-hetero) is 1. The Morgan fingerprint density at radius 3 is 2.19 bits per heavy atom. The zero-order valence-corrected chi connectivity index (χ0v) is 15.2. The normalized spacial score (nSPS) is 17.1. The second-order valence-corrected chi connectivity index (χ2v) is 5.40. The molecule has 142 valence electrons. The van der Waals surface area contributed by atoms with E-state index in [0.29, 0.717) is 23.7 Å². The highest BCUT2D eigenvalue weighted by Gasteiger charge is 2.36. The van der Waals surface area contributed by atoms with Gasteiger partial charge in [0.25, 0.3) is 0 Å². The summed E-state index contributed by atoms with van der Waals surface area (Å²) in [6.07, 6.45) is -0.120. The number of methoxy groups -OCH3 is 4. The number of benzene rings is 1. The molecule has 1 aromatic rings. The summed E-state index contributed by atoms with van der Waals surface area (Å²) in [5.74, 6) is 0.274. The Bertz CT molecular complexity index is 672. The zero-order chi connectivity index (χ0) is 19.1. The summed E-state index contributed by atoms with van der Waals surface area (Å²) in [6.45, 7) is -0.0123. The first-order valence-electron chi connectivity index (χ1n) is 7.91. The smallest absolute Gasteiger partial charge is 0.345 e. The van der Waals surface area contributed by atoms with E-state index in [9.17, 15) is 9.59 Å². The van der Waals surface area contributed by atoms with E-state index < -0.39 is 12.1 Å². The van der Waals surface area contributed by atoms with Crippen LogP contribution in [0.25, 0.3) is 0 Å². The molecule has 1 aliphatic rings. The third-order valence-electron chi connectivity index (χ3n) is 3.78. The van der Waals surface area contributed by atoms with E-state index in [2.05, 4.69) is 0 Å². The van der Waals surface area contributed by atoms with Gasteiger partial charge in [-0.3, -0.25) is 4.79 Å². The van der Waals surface area contributed by atoms with Gasteiger partial charge in [0.1, 0.15) is 35.7 Å². The molecule has 0 bridgehead atoms. The molecule has 2 rings (SSSR count). The predicted octanol–water partition coefficient (Wildman–Crippen LogP) is 1.86. The van der Waals surface area contributed by atoms with E-state index >= 15 is 0 Å². The molecule has 0 fully saturated rings. The first-order chi connectivity index (χ1) is 12.5. The highest BCUT2D eigenvalue weighted by atomic mass is 16.7. The van der Waals surface area contributed by atoms with Gasteiger partial charge in [0.05, 0.1) is 21.3 Å². The second kappa shape index (κ2) is 9.21. The average molecular weight is 366 g/mol. The molecule has 1 aliphatic carbocycles. The van der Waals surface area contributed by atoms with Crippen LogP contribution in [0.4, 0.5) is 0 Å². The van der Waals surface area contributed by atoms with Crippen molar-refractivity contribution in [1.29, 1.82) is 0 Å². The van der Waals surface area contributed by atoms with Crippen molar-refractivity contribution in [2.24, 2.45) is 0 Å². The monoisotopic (exact) mass is 366 g/mol. The summed E-state index contributed by atoms with van der Waals surface area (Å²) >= 11 is 0. The molecule has 0 amide bonds. The van der Waals surface area contributed by atoms with Crippen LogP contribution in [0.2, 0.25) is 0 Å².